The third kappa shape index (κ3) is 3.03. The number of para-hydroxylation sites is 1. The fraction of sp³-hybridized carbons (Fsp3) is 0.250. The van der Waals surface area contributed by atoms with Crippen LogP contribution in [0.25, 0.3) is 10.9 Å². The lowest BCUT2D eigenvalue weighted by atomic mass is 10.2. The number of aromatic nitrogens is 2. The standard InChI is InChI=1S/C16H17N3O2/c1-11-8-18-15(21-11)10-17-9-13-7-6-12-4-3-5-14(20-2)16(12)19-13/h3-8,17H,9-10H2,1-2H3. The van der Waals surface area contributed by atoms with Crippen LogP contribution < -0.4 is 10.1 Å². The number of hydrogen-bond acceptors (Lipinski definition) is 5. The molecule has 0 amide bonds. The molecule has 0 spiro atoms. The topological polar surface area (TPSA) is 60.2 Å². The predicted octanol–water partition coefficient (Wildman–Crippen LogP) is 2.83. The smallest absolute Gasteiger partial charge is 0.208 e. The predicted molar refractivity (Wildman–Crippen MR) is 80.1 cm³/mol. The van der Waals surface area contributed by atoms with E-state index in [0.29, 0.717) is 19.0 Å². The first-order valence-electron chi connectivity index (χ1n) is 6.81. The summed E-state index contributed by atoms with van der Waals surface area (Å²) in [5, 5.41) is 4.34. The van der Waals surface area contributed by atoms with Crippen LogP contribution in [0.2, 0.25) is 0 Å². The molecule has 3 aromatic rings. The van der Waals surface area contributed by atoms with Crippen LogP contribution in [0, 0.1) is 6.92 Å². The fourth-order valence-corrected chi connectivity index (χ4v) is 2.20. The van der Waals surface area contributed by atoms with Crippen molar-refractivity contribution in [3.8, 4) is 5.75 Å². The zero-order chi connectivity index (χ0) is 14.7. The summed E-state index contributed by atoms with van der Waals surface area (Å²) in [6.07, 6.45) is 1.72. The van der Waals surface area contributed by atoms with E-state index in [4.69, 9.17) is 9.15 Å². The monoisotopic (exact) mass is 283 g/mol. The van der Waals surface area contributed by atoms with Crippen LogP contribution in [0.5, 0.6) is 5.75 Å². The van der Waals surface area contributed by atoms with E-state index in [1.54, 1.807) is 13.3 Å². The zero-order valence-electron chi connectivity index (χ0n) is 12.1. The van der Waals surface area contributed by atoms with Crippen LogP contribution in [0.3, 0.4) is 0 Å². The van der Waals surface area contributed by atoms with Crippen molar-refractivity contribution in [1.82, 2.24) is 15.3 Å². The molecule has 0 saturated carbocycles. The van der Waals surface area contributed by atoms with Crippen LogP contribution in [0.15, 0.2) is 40.9 Å². The second-order valence-corrected chi connectivity index (χ2v) is 4.80. The molecule has 0 bridgehead atoms. The van der Waals surface area contributed by atoms with Gasteiger partial charge in [-0.1, -0.05) is 18.2 Å². The van der Waals surface area contributed by atoms with Crippen LogP contribution in [-0.4, -0.2) is 17.1 Å². The first-order valence-corrected chi connectivity index (χ1v) is 6.81. The minimum absolute atomic E-state index is 0.583. The highest BCUT2D eigenvalue weighted by Crippen LogP contribution is 2.23. The summed E-state index contributed by atoms with van der Waals surface area (Å²) in [6, 6.07) is 9.97. The van der Waals surface area contributed by atoms with Gasteiger partial charge in [0.2, 0.25) is 5.89 Å². The summed E-state index contributed by atoms with van der Waals surface area (Å²) < 4.78 is 10.8. The van der Waals surface area contributed by atoms with Crippen molar-refractivity contribution < 1.29 is 9.15 Å². The van der Waals surface area contributed by atoms with Crippen LogP contribution in [-0.2, 0) is 13.1 Å². The van der Waals surface area contributed by atoms with Crippen molar-refractivity contribution in [2.24, 2.45) is 0 Å². The fourth-order valence-electron chi connectivity index (χ4n) is 2.20. The summed E-state index contributed by atoms with van der Waals surface area (Å²) in [4.78, 5) is 8.80. The van der Waals surface area contributed by atoms with Gasteiger partial charge >= 0.3 is 0 Å². The Morgan fingerprint density at radius 2 is 2.10 bits per heavy atom. The van der Waals surface area contributed by atoms with Crippen LogP contribution in [0.4, 0.5) is 0 Å². The molecule has 5 nitrogen and oxygen atoms in total. The highest BCUT2D eigenvalue weighted by Gasteiger charge is 2.05. The number of rotatable bonds is 5. The Morgan fingerprint density at radius 1 is 1.19 bits per heavy atom. The van der Waals surface area contributed by atoms with Crippen molar-refractivity contribution in [2.45, 2.75) is 20.0 Å². The second kappa shape index (κ2) is 5.93. The van der Waals surface area contributed by atoms with Crippen molar-refractivity contribution in [3.63, 3.8) is 0 Å². The molecule has 2 aromatic heterocycles. The van der Waals surface area contributed by atoms with E-state index in [1.165, 1.54) is 0 Å². The number of nitrogens with zero attached hydrogens (tertiary/aromatic N) is 2. The van der Waals surface area contributed by atoms with Gasteiger partial charge in [0.25, 0.3) is 0 Å². The maximum absolute atomic E-state index is 5.41. The maximum atomic E-state index is 5.41. The van der Waals surface area contributed by atoms with Gasteiger partial charge in [0.05, 0.1) is 25.5 Å². The number of oxazole rings is 1. The van der Waals surface area contributed by atoms with Crippen molar-refractivity contribution in [3.05, 3.63) is 53.9 Å². The number of fused-ring (bicyclic) bond motifs is 1. The number of hydrogen-bond donors (Lipinski definition) is 1. The Hall–Kier alpha value is -2.40. The van der Waals surface area contributed by atoms with Gasteiger partial charge in [0.15, 0.2) is 0 Å². The molecule has 3 rings (SSSR count). The summed E-state index contributed by atoms with van der Waals surface area (Å²) >= 11 is 0. The highest BCUT2D eigenvalue weighted by molar-refractivity contribution is 5.84. The Kier molecular flexibility index (Phi) is 3.83. The van der Waals surface area contributed by atoms with Crippen molar-refractivity contribution in [1.29, 1.82) is 0 Å². The first-order chi connectivity index (χ1) is 10.3. The van der Waals surface area contributed by atoms with E-state index in [9.17, 15) is 0 Å². The van der Waals surface area contributed by atoms with Gasteiger partial charge in [-0.2, -0.15) is 0 Å². The molecule has 0 atom stereocenters. The third-order valence-electron chi connectivity index (χ3n) is 3.21. The van der Waals surface area contributed by atoms with Crippen LogP contribution in [0.1, 0.15) is 17.3 Å². The number of benzene rings is 1. The Labute approximate surface area is 123 Å². The van der Waals surface area contributed by atoms with E-state index >= 15 is 0 Å². The van der Waals surface area contributed by atoms with E-state index < -0.39 is 0 Å². The molecule has 0 fully saturated rings. The lowest BCUT2D eigenvalue weighted by molar-refractivity contribution is 0.418. The molecule has 0 radical (unpaired) electrons. The molecule has 0 aliphatic rings. The second-order valence-electron chi connectivity index (χ2n) is 4.80. The van der Waals surface area contributed by atoms with Crippen molar-refractivity contribution >= 4 is 10.9 Å². The summed E-state index contributed by atoms with van der Waals surface area (Å²) in [5.41, 5.74) is 1.83. The van der Waals surface area contributed by atoms with Crippen LogP contribution >= 0.6 is 0 Å². The average molecular weight is 283 g/mol. The van der Waals surface area contributed by atoms with Gasteiger partial charge in [0.1, 0.15) is 17.0 Å². The molecular weight excluding hydrogens is 266 g/mol. The third-order valence-corrected chi connectivity index (χ3v) is 3.21. The molecule has 0 unspecified atom stereocenters. The van der Waals surface area contributed by atoms with Gasteiger partial charge < -0.3 is 14.5 Å². The molecule has 2 heterocycles. The number of aryl methyl sites for hydroxylation is 1. The number of methoxy groups -OCH3 is 1. The molecule has 1 aromatic carbocycles. The SMILES string of the molecule is COc1cccc2ccc(CNCc3ncc(C)o3)nc12. The Morgan fingerprint density at radius 3 is 2.86 bits per heavy atom. The number of pyridine rings is 1. The lowest BCUT2D eigenvalue weighted by Crippen LogP contribution is -2.13. The van der Waals surface area contributed by atoms with Gasteiger partial charge in [-0.25, -0.2) is 9.97 Å². The largest absolute Gasteiger partial charge is 0.494 e. The molecule has 0 saturated heterocycles. The van der Waals surface area contributed by atoms with Gasteiger partial charge in [0, 0.05) is 11.9 Å². The van der Waals surface area contributed by atoms with Gasteiger partial charge in [-0.3, -0.25) is 0 Å². The molecule has 1 N–H and O–H groups in total. The highest BCUT2D eigenvalue weighted by atomic mass is 16.5. The van der Waals surface area contributed by atoms with E-state index in [0.717, 1.165) is 28.1 Å². The maximum Gasteiger partial charge on any atom is 0.208 e. The van der Waals surface area contributed by atoms with Gasteiger partial charge in [-0.05, 0) is 19.1 Å². The minimum atomic E-state index is 0.583. The quantitative estimate of drug-likeness (QED) is 0.780. The normalized spacial score (nSPS) is 11.0. The number of ether oxygens (including phenoxy) is 1. The van der Waals surface area contributed by atoms with E-state index in [1.807, 2.05) is 31.2 Å². The molecule has 108 valence electrons. The first kappa shape index (κ1) is 13.6. The average Bonchev–Trinajstić information content (AvgIpc) is 2.92. The number of nitrogens with one attached hydrogen (secondary N) is 1. The summed E-state index contributed by atoms with van der Waals surface area (Å²) in [7, 11) is 1.66. The Balaban J connectivity index is 1.72. The van der Waals surface area contributed by atoms with E-state index in [2.05, 4.69) is 21.4 Å². The Bertz CT molecular complexity index is 752. The molecule has 0 aliphatic heterocycles. The summed E-state index contributed by atoms with van der Waals surface area (Å²) in [6.45, 7) is 3.11. The van der Waals surface area contributed by atoms with E-state index in [-0.39, 0.29) is 0 Å². The van der Waals surface area contributed by atoms with Crippen molar-refractivity contribution in [2.75, 3.05) is 7.11 Å². The molecular formula is C16H17N3O2. The molecule has 21 heavy (non-hydrogen) atoms. The lowest BCUT2D eigenvalue weighted by Gasteiger charge is -2.07. The molecule has 0 aliphatic carbocycles. The minimum Gasteiger partial charge on any atom is -0.494 e. The summed E-state index contributed by atoms with van der Waals surface area (Å²) in [5.74, 6) is 2.30. The molecule has 5 heteroatoms. The van der Waals surface area contributed by atoms with Gasteiger partial charge in [-0.15, -0.1) is 0 Å². The zero-order valence-corrected chi connectivity index (χ0v) is 12.1.